The maximum absolute atomic E-state index is 12.0. The standard InChI is InChI=1S/C26H18Cl2N2O/c27-24-20-16-19(26(31,22-12-7-15-29-22)18-10-5-2-6-11-18)13-14-21(20)30-25(28)23(24)17-8-3-1-4-9-17/h1-16,29,31H. The molecule has 5 heteroatoms. The zero-order valence-electron chi connectivity index (χ0n) is 16.4. The Morgan fingerprint density at radius 3 is 2.16 bits per heavy atom. The van der Waals surface area contributed by atoms with Gasteiger partial charge in [-0.25, -0.2) is 4.98 Å². The van der Waals surface area contributed by atoms with Gasteiger partial charge in [-0.2, -0.15) is 0 Å². The van der Waals surface area contributed by atoms with Gasteiger partial charge < -0.3 is 10.1 Å². The fraction of sp³-hybridized carbons (Fsp3) is 0.0385. The number of halogens is 2. The maximum atomic E-state index is 12.0. The number of hydrogen-bond acceptors (Lipinski definition) is 2. The van der Waals surface area contributed by atoms with Crippen molar-refractivity contribution in [3.8, 4) is 11.1 Å². The van der Waals surface area contributed by atoms with Gasteiger partial charge in [0.15, 0.2) is 5.60 Å². The molecule has 5 rings (SSSR count). The summed E-state index contributed by atoms with van der Waals surface area (Å²) in [6.45, 7) is 0. The van der Waals surface area contributed by atoms with E-state index in [-0.39, 0.29) is 0 Å². The molecule has 3 aromatic carbocycles. The van der Waals surface area contributed by atoms with Crippen LogP contribution in [0, 0.1) is 0 Å². The third-order valence-electron chi connectivity index (χ3n) is 5.54. The van der Waals surface area contributed by atoms with Crippen molar-refractivity contribution in [1.29, 1.82) is 0 Å². The number of nitrogens with zero attached hydrogens (tertiary/aromatic N) is 1. The highest BCUT2D eigenvalue weighted by atomic mass is 35.5. The average Bonchev–Trinajstić information content (AvgIpc) is 3.35. The lowest BCUT2D eigenvalue weighted by molar-refractivity contribution is 0.121. The molecule has 152 valence electrons. The van der Waals surface area contributed by atoms with E-state index in [0.29, 0.717) is 32.5 Å². The molecule has 5 aromatic rings. The van der Waals surface area contributed by atoms with Crippen molar-refractivity contribution in [2.24, 2.45) is 0 Å². The van der Waals surface area contributed by atoms with Crippen molar-refractivity contribution in [3.05, 3.63) is 124 Å². The zero-order valence-corrected chi connectivity index (χ0v) is 17.9. The van der Waals surface area contributed by atoms with E-state index in [2.05, 4.69) is 9.97 Å². The third kappa shape index (κ3) is 3.31. The van der Waals surface area contributed by atoms with Crippen LogP contribution in [0.1, 0.15) is 16.8 Å². The lowest BCUT2D eigenvalue weighted by Crippen LogP contribution is -2.29. The van der Waals surface area contributed by atoms with E-state index in [4.69, 9.17) is 23.2 Å². The zero-order chi connectivity index (χ0) is 21.4. The Morgan fingerprint density at radius 2 is 1.48 bits per heavy atom. The largest absolute Gasteiger partial charge is 0.375 e. The van der Waals surface area contributed by atoms with Gasteiger partial charge >= 0.3 is 0 Å². The lowest BCUT2D eigenvalue weighted by atomic mass is 9.83. The monoisotopic (exact) mass is 444 g/mol. The van der Waals surface area contributed by atoms with E-state index in [0.717, 1.165) is 16.5 Å². The Bertz CT molecular complexity index is 1350. The highest BCUT2D eigenvalue weighted by Crippen LogP contribution is 2.41. The number of benzene rings is 3. The van der Waals surface area contributed by atoms with Gasteiger partial charge in [0.1, 0.15) is 5.15 Å². The topological polar surface area (TPSA) is 48.9 Å². The fourth-order valence-electron chi connectivity index (χ4n) is 3.98. The van der Waals surface area contributed by atoms with Gasteiger partial charge in [0, 0.05) is 17.1 Å². The van der Waals surface area contributed by atoms with Crippen LogP contribution < -0.4 is 0 Å². The van der Waals surface area contributed by atoms with Crippen LogP contribution in [0.2, 0.25) is 10.2 Å². The van der Waals surface area contributed by atoms with Crippen LogP contribution in [0.3, 0.4) is 0 Å². The summed E-state index contributed by atoms with van der Waals surface area (Å²) in [5.41, 5.74) is 2.95. The van der Waals surface area contributed by atoms with E-state index in [1.165, 1.54) is 0 Å². The minimum absolute atomic E-state index is 0.346. The smallest absolute Gasteiger partial charge is 0.155 e. The molecule has 0 aliphatic rings. The summed E-state index contributed by atoms with van der Waals surface area (Å²) < 4.78 is 0. The Kier molecular flexibility index (Phi) is 5.03. The van der Waals surface area contributed by atoms with Crippen LogP contribution in [0.25, 0.3) is 22.0 Å². The van der Waals surface area contributed by atoms with Crippen molar-refractivity contribution in [2.45, 2.75) is 5.60 Å². The lowest BCUT2D eigenvalue weighted by Gasteiger charge is -2.29. The maximum Gasteiger partial charge on any atom is 0.155 e. The molecule has 1 atom stereocenters. The summed E-state index contributed by atoms with van der Waals surface area (Å²) in [5.74, 6) is 0. The van der Waals surface area contributed by atoms with Crippen LogP contribution in [-0.4, -0.2) is 15.1 Å². The number of hydrogen-bond donors (Lipinski definition) is 2. The first-order valence-corrected chi connectivity index (χ1v) is 10.6. The normalized spacial score (nSPS) is 13.3. The highest BCUT2D eigenvalue weighted by Gasteiger charge is 2.35. The summed E-state index contributed by atoms with van der Waals surface area (Å²) in [7, 11) is 0. The summed E-state index contributed by atoms with van der Waals surface area (Å²) in [6.07, 6.45) is 1.80. The van der Waals surface area contributed by atoms with Crippen LogP contribution in [-0.2, 0) is 5.60 Å². The fourth-order valence-corrected chi connectivity index (χ4v) is 4.68. The van der Waals surface area contributed by atoms with E-state index in [1.807, 2.05) is 91.0 Å². The van der Waals surface area contributed by atoms with E-state index in [1.54, 1.807) is 6.20 Å². The number of H-pyrrole nitrogens is 1. The summed E-state index contributed by atoms with van der Waals surface area (Å²) in [4.78, 5) is 7.73. The molecule has 0 saturated heterocycles. The number of rotatable bonds is 4. The molecular weight excluding hydrogens is 427 g/mol. The summed E-state index contributed by atoms with van der Waals surface area (Å²) in [6, 6.07) is 28.6. The molecule has 3 nitrogen and oxygen atoms in total. The van der Waals surface area contributed by atoms with Crippen LogP contribution >= 0.6 is 23.2 Å². The number of aromatic nitrogens is 2. The predicted octanol–water partition coefficient (Wildman–Crippen LogP) is 6.82. The number of nitrogens with one attached hydrogen (secondary N) is 1. The third-order valence-corrected chi connectivity index (χ3v) is 6.20. The van der Waals surface area contributed by atoms with Crippen molar-refractivity contribution in [1.82, 2.24) is 9.97 Å². The van der Waals surface area contributed by atoms with Gasteiger partial charge in [-0.1, -0.05) is 89.9 Å². The molecule has 0 bridgehead atoms. The Labute approximate surface area is 189 Å². The van der Waals surface area contributed by atoms with Crippen molar-refractivity contribution in [3.63, 3.8) is 0 Å². The van der Waals surface area contributed by atoms with Crippen LogP contribution in [0.4, 0.5) is 0 Å². The molecule has 1 unspecified atom stereocenters. The SMILES string of the molecule is OC(c1ccccc1)(c1ccc2nc(Cl)c(-c3ccccc3)c(Cl)c2c1)c1ccc[nH]1. The van der Waals surface area contributed by atoms with E-state index in [9.17, 15) is 5.11 Å². The molecule has 2 N–H and O–H groups in total. The Morgan fingerprint density at radius 1 is 0.774 bits per heavy atom. The van der Waals surface area contributed by atoms with Gasteiger partial charge in [-0.3, -0.25) is 0 Å². The molecule has 0 fully saturated rings. The quantitative estimate of drug-likeness (QED) is 0.298. The number of pyridine rings is 1. The van der Waals surface area contributed by atoms with E-state index < -0.39 is 5.60 Å². The molecule has 2 heterocycles. The molecule has 0 spiro atoms. The predicted molar refractivity (Wildman–Crippen MR) is 127 cm³/mol. The summed E-state index contributed by atoms with van der Waals surface area (Å²) >= 11 is 13.4. The number of aliphatic hydroxyl groups is 1. The second kappa shape index (κ2) is 7.86. The first-order chi connectivity index (χ1) is 15.1. The first-order valence-electron chi connectivity index (χ1n) is 9.85. The molecule has 0 amide bonds. The molecular formula is C26H18Cl2N2O. The first kappa shape index (κ1) is 19.8. The molecule has 0 saturated carbocycles. The van der Waals surface area contributed by atoms with Gasteiger partial charge in [0.05, 0.1) is 16.2 Å². The van der Waals surface area contributed by atoms with Crippen molar-refractivity contribution in [2.75, 3.05) is 0 Å². The van der Waals surface area contributed by atoms with E-state index >= 15 is 0 Å². The van der Waals surface area contributed by atoms with Crippen molar-refractivity contribution < 1.29 is 5.11 Å². The minimum atomic E-state index is -1.38. The number of fused-ring (bicyclic) bond motifs is 1. The second-order valence-electron chi connectivity index (χ2n) is 7.35. The van der Waals surface area contributed by atoms with Gasteiger partial charge in [0.25, 0.3) is 0 Å². The van der Waals surface area contributed by atoms with Crippen LogP contribution in [0.15, 0.2) is 97.2 Å². The van der Waals surface area contributed by atoms with Gasteiger partial charge in [-0.05, 0) is 41.0 Å². The molecule has 0 aliphatic carbocycles. The Balaban J connectivity index is 1.77. The molecule has 0 aliphatic heterocycles. The average molecular weight is 445 g/mol. The molecule has 0 radical (unpaired) electrons. The van der Waals surface area contributed by atoms with Crippen molar-refractivity contribution >= 4 is 34.1 Å². The summed E-state index contributed by atoms with van der Waals surface area (Å²) in [5, 5.41) is 13.6. The second-order valence-corrected chi connectivity index (χ2v) is 8.09. The highest BCUT2D eigenvalue weighted by molar-refractivity contribution is 6.42. The van der Waals surface area contributed by atoms with Gasteiger partial charge in [0.2, 0.25) is 0 Å². The van der Waals surface area contributed by atoms with Crippen LogP contribution in [0.5, 0.6) is 0 Å². The molecule has 31 heavy (non-hydrogen) atoms. The number of aromatic amines is 1. The Hall–Kier alpha value is -3.11. The molecule has 2 aromatic heterocycles. The van der Waals surface area contributed by atoms with Gasteiger partial charge in [-0.15, -0.1) is 0 Å². The minimum Gasteiger partial charge on any atom is -0.375 e.